The van der Waals surface area contributed by atoms with Gasteiger partial charge in [0.15, 0.2) is 0 Å². The molecule has 0 radical (unpaired) electrons. The Morgan fingerprint density at radius 2 is 1.62 bits per heavy atom. The smallest absolute Gasteiger partial charge is 0.237 e. The molecule has 6 heteroatoms. The summed E-state index contributed by atoms with van der Waals surface area (Å²) in [5, 5.41) is 7.99. The molecule has 1 unspecified atom stereocenters. The number of rotatable bonds is 7. The predicted octanol–water partition coefficient (Wildman–Crippen LogP) is 6.28. The highest BCUT2D eigenvalue weighted by molar-refractivity contribution is 8.00. The van der Waals surface area contributed by atoms with Crippen molar-refractivity contribution < 1.29 is 9.59 Å². The fraction of sp³-hybridized carbons (Fsp3) is 0.231. The normalized spacial score (nSPS) is 12.1. The van der Waals surface area contributed by atoms with Gasteiger partial charge in [-0.05, 0) is 55.8 Å². The van der Waals surface area contributed by atoms with Gasteiger partial charge in [-0.3, -0.25) is 9.59 Å². The van der Waals surface area contributed by atoms with E-state index in [0.717, 1.165) is 28.2 Å². The second kappa shape index (κ2) is 9.49. The van der Waals surface area contributed by atoms with Gasteiger partial charge in [0, 0.05) is 51.5 Å². The minimum Gasteiger partial charge on any atom is -0.341 e. The number of amides is 2. The van der Waals surface area contributed by atoms with Crippen molar-refractivity contribution in [2.45, 2.75) is 43.9 Å². The molecule has 2 amide bonds. The molecule has 164 valence electrons. The molecular weight excluding hydrogens is 418 g/mol. The van der Waals surface area contributed by atoms with Crippen molar-refractivity contribution in [1.82, 2.24) is 4.57 Å². The van der Waals surface area contributed by atoms with Gasteiger partial charge in [-0.25, -0.2) is 0 Å². The van der Waals surface area contributed by atoms with Crippen molar-refractivity contribution in [2.75, 3.05) is 10.6 Å². The number of anilines is 2. The number of fused-ring (bicyclic) bond motifs is 3. The molecule has 0 spiro atoms. The average molecular weight is 446 g/mol. The van der Waals surface area contributed by atoms with Gasteiger partial charge in [-0.1, -0.05) is 31.2 Å². The standard InChI is InChI=1S/C26H27N3O2S/c1-4-25(32-20-10-8-9-18(15-20)27-17(3)30)26(31)28-19-13-14-24-22(16-19)21-11-6-7-12-23(21)29(24)5-2/h6-16,25H,4-5H2,1-3H3,(H,27,30)(H,28,31). The van der Waals surface area contributed by atoms with E-state index < -0.39 is 0 Å². The maximum Gasteiger partial charge on any atom is 0.237 e. The summed E-state index contributed by atoms with van der Waals surface area (Å²) in [6.07, 6.45) is 0.693. The van der Waals surface area contributed by atoms with Crippen LogP contribution in [0.15, 0.2) is 71.6 Å². The van der Waals surface area contributed by atoms with Crippen LogP contribution >= 0.6 is 11.8 Å². The Bertz CT molecular complexity index is 1290. The summed E-state index contributed by atoms with van der Waals surface area (Å²) in [6.45, 7) is 6.53. The third-order valence-corrected chi connectivity index (χ3v) is 6.81. The SMILES string of the molecule is CCC(Sc1cccc(NC(C)=O)c1)C(=O)Nc1ccc2c(c1)c1ccccc1n2CC. The minimum absolute atomic E-state index is 0.0268. The number of nitrogens with zero attached hydrogens (tertiary/aromatic N) is 1. The molecule has 1 atom stereocenters. The van der Waals surface area contributed by atoms with Crippen LogP contribution < -0.4 is 10.6 Å². The van der Waals surface area contributed by atoms with E-state index in [4.69, 9.17) is 0 Å². The first-order valence-electron chi connectivity index (χ1n) is 10.9. The van der Waals surface area contributed by atoms with Crippen LogP contribution in [0.1, 0.15) is 27.2 Å². The number of aromatic nitrogens is 1. The molecule has 1 heterocycles. The van der Waals surface area contributed by atoms with Crippen LogP contribution in [-0.2, 0) is 16.1 Å². The van der Waals surface area contributed by atoms with Gasteiger partial charge in [0.2, 0.25) is 11.8 Å². The molecule has 0 saturated carbocycles. The quantitative estimate of drug-likeness (QED) is 0.329. The number of benzene rings is 3. The number of para-hydroxylation sites is 1. The van der Waals surface area contributed by atoms with E-state index in [1.54, 1.807) is 0 Å². The Labute approximate surface area is 192 Å². The second-order valence-electron chi connectivity index (χ2n) is 7.71. The van der Waals surface area contributed by atoms with Crippen LogP contribution in [0, 0.1) is 0 Å². The summed E-state index contributed by atoms with van der Waals surface area (Å²) in [5.74, 6) is -0.141. The Kier molecular flexibility index (Phi) is 6.51. The summed E-state index contributed by atoms with van der Waals surface area (Å²) >= 11 is 1.50. The number of carbonyl (C=O) groups excluding carboxylic acids is 2. The van der Waals surface area contributed by atoms with E-state index in [0.29, 0.717) is 6.42 Å². The molecule has 4 rings (SSSR count). The van der Waals surface area contributed by atoms with Gasteiger partial charge in [0.25, 0.3) is 0 Å². The molecule has 0 aliphatic carbocycles. The topological polar surface area (TPSA) is 63.1 Å². The maximum atomic E-state index is 13.1. The number of hydrogen-bond acceptors (Lipinski definition) is 3. The number of thioether (sulfide) groups is 1. The highest BCUT2D eigenvalue weighted by Crippen LogP contribution is 2.32. The zero-order chi connectivity index (χ0) is 22.7. The maximum absolute atomic E-state index is 13.1. The molecule has 0 aliphatic heterocycles. The first-order valence-corrected chi connectivity index (χ1v) is 11.7. The number of nitrogens with one attached hydrogen (secondary N) is 2. The van der Waals surface area contributed by atoms with E-state index >= 15 is 0 Å². The molecule has 0 bridgehead atoms. The predicted molar refractivity (Wildman–Crippen MR) is 134 cm³/mol. The lowest BCUT2D eigenvalue weighted by Crippen LogP contribution is -2.24. The third-order valence-electron chi connectivity index (χ3n) is 5.45. The fourth-order valence-electron chi connectivity index (χ4n) is 4.03. The Hall–Kier alpha value is -3.25. The van der Waals surface area contributed by atoms with Crippen molar-refractivity contribution in [3.8, 4) is 0 Å². The molecule has 4 aromatic rings. The lowest BCUT2D eigenvalue weighted by molar-refractivity contribution is -0.116. The molecule has 0 saturated heterocycles. The summed E-state index contributed by atoms with van der Waals surface area (Å²) in [4.78, 5) is 25.3. The zero-order valence-electron chi connectivity index (χ0n) is 18.5. The van der Waals surface area contributed by atoms with Crippen molar-refractivity contribution in [3.05, 3.63) is 66.7 Å². The van der Waals surface area contributed by atoms with Crippen molar-refractivity contribution >= 4 is 56.8 Å². The van der Waals surface area contributed by atoms with Gasteiger partial charge in [-0.2, -0.15) is 0 Å². The van der Waals surface area contributed by atoms with Crippen molar-refractivity contribution in [2.24, 2.45) is 0 Å². The molecule has 1 aromatic heterocycles. The van der Waals surface area contributed by atoms with Crippen molar-refractivity contribution in [3.63, 3.8) is 0 Å². The second-order valence-corrected chi connectivity index (χ2v) is 8.98. The van der Waals surface area contributed by atoms with Crippen LogP contribution in [-0.4, -0.2) is 21.6 Å². The van der Waals surface area contributed by atoms with Gasteiger partial charge < -0.3 is 15.2 Å². The minimum atomic E-state index is -0.241. The molecular formula is C26H27N3O2S. The van der Waals surface area contributed by atoms with Crippen LogP contribution in [0.5, 0.6) is 0 Å². The summed E-state index contributed by atoms with van der Waals surface area (Å²) in [6, 6.07) is 22.1. The average Bonchev–Trinajstić information content (AvgIpc) is 3.10. The summed E-state index contributed by atoms with van der Waals surface area (Å²) < 4.78 is 2.29. The lowest BCUT2D eigenvalue weighted by atomic mass is 10.1. The van der Waals surface area contributed by atoms with E-state index in [1.807, 2.05) is 43.3 Å². The Balaban J connectivity index is 1.56. The van der Waals surface area contributed by atoms with Gasteiger partial charge >= 0.3 is 0 Å². The summed E-state index contributed by atoms with van der Waals surface area (Å²) in [7, 11) is 0. The largest absolute Gasteiger partial charge is 0.341 e. The highest BCUT2D eigenvalue weighted by Gasteiger charge is 2.19. The molecule has 0 aliphatic rings. The van der Waals surface area contributed by atoms with Crippen LogP contribution in [0.4, 0.5) is 11.4 Å². The third kappa shape index (κ3) is 4.50. The molecule has 5 nitrogen and oxygen atoms in total. The van der Waals surface area contributed by atoms with Crippen molar-refractivity contribution in [1.29, 1.82) is 0 Å². The van der Waals surface area contributed by atoms with Gasteiger partial charge in [0.05, 0.1) is 5.25 Å². The van der Waals surface area contributed by atoms with Crippen LogP contribution in [0.3, 0.4) is 0 Å². The van der Waals surface area contributed by atoms with Crippen LogP contribution in [0.2, 0.25) is 0 Å². The first-order chi connectivity index (χ1) is 15.5. The van der Waals surface area contributed by atoms with Gasteiger partial charge in [-0.15, -0.1) is 11.8 Å². The fourth-order valence-corrected chi connectivity index (χ4v) is 5.05. The zero-order valence-corrected chi connectivity index (χ0v) is 19.3. The number of aryl methyl sites for hydroxylation is 1. The highest BCUT2D eigenvalue weighted by atomic mass is 32.2. The van der Waals surface area contributed by atoms with E-state index in [2.05, 4.69) is 52.5 Å². The van der Waals surface area contributed by atoms with Crippen LogP contribution in [0.25, 0.3) is 21.8 Å². The monoisotopic (exact) mass is 445 g/mol. The number of hydrogen-bond donors (Lipinski definition) is 2. The summed E-state index contributed by atoms with van der Waals surface area (Å²) in [5.41, 5.74) is 3.90. The van der Waals surface area contributed by atoms with E-state index in [1.165, 1.54) is 35.1 Å². The Morgan fingerprint density at radius 3 is 2.38 bits per heavy atom. The Morgan fingerprint density at radius 1 is 0.875 bits per heavy atom. The molecule has 3 aromatic carbocycles. The molecule has 32 heavy (non-hydrogen) atoms. The van der Waals surface area contributed by atoms with E-state index in [-0.39, 0.29) is 17.1 Å². The first kappa shape index (κ1) is 22.0. The molecule has 2 N–H and O–H groups in total. The van der Waals surface area contributed by atoms with Gasteiger partial charge in [0.1, 0.15) is 0 Å². The van der Waals surface area contributed by atoms with E-state index in [9.17, 15) is 9.59 Å². The molecule has 0 fully saturated rings. The number of carbonyl (C=O) groups is 2. The lowest BCUT2D eigenvalue weighted by Gasteiger charge is -2.15.